The molecule has 0 saturated carbocycles. The number of methoxy groups -OCH3 is 1. The van der Waals surface area contributed by atoms with E-state index in [0.29, 0.717) is 26.4 Å². The fraction of sp³-hybridized carbons (Fsp3) is 0.233. The first kappa shape index (κ1) is 26.0. The van der Waals surface area contributed by atoms with Crippen molar-refractivity contribution in [2.45, 2.75) is 37.8 Å². The lowest BCUT2D eigenvalue weighted by Crippen LogP contribution is -2.40. The van der Waals surface area contributed by atoms with Crippen LogP contribution >= 0.6 is 23.1 Å². The number of carbonyl (C=O) groups excluding carboxylic acids is 1. The molecule has 1 aliphatic rings. The van der Waals surface area contributed by atoms with Gasteiger partial charge in [-0.3, -0.25) is 9.36 Å². The molecule has 5 rings (SSSR count). The van der Waals surface area contributed by atoms with E-state index in [1.807, 2.05) is 86.8 Å². The molecule has 6 nitrogen and oxygen atoms in total. The van der Waals surface area contributed by atoms with Crippen LogP contribution in [0.2, 0.25) is 0 Å². The van der Waals surface area contributed by atoms with Gasteiger partial charge in [0.05, 0.1) is 35.1 Å². The number of allylic oxidation sites excluding steroid dienone is 1. The molecule has 0 aliphatic carbocycles. The molecular formula is C30H28N2O4S2. The summed E-state index contributed by atoms with van der Waals surface area (Å²) in [4.78, 5) is 33.6. The van der Waals surface area contributed by atoms with Gasteiger partial charge in [0.25, 0.3) is 5.56 Å². The number of nitrogens with zero attached hydrogens (tertiary/aromatic N) is 2. The molecule has 0 unspecified atom stereocenters. The van der Waals surface area contributed by atoms with Gasteiger partial charge in [-0.05, 0) is 67.6 Å². The van der Waals surface area contributed by atoms with Crippen LogP contribution < -0.4 is 19.6 Å². The number of aromatic nitrogens is 1. The van der Waals surface area contributed by atoms with Gasteiger partial charge in [-0.1, -0.05) is 53.8 Å². The van der Waals surface area contributed by atoms with Crippen molar-refractivity contribution in [2.24, 2.45) is 4.99 Å². The molecule has 38 heavy (non-hydrogen) atoms. The molecule has 1 aromatic heterocycles. The van der Waals surface area contributed by atoms with Crippen molar-refractivity contribution >= 4 is 45.9 Å². The number of carbonyl (C=O) groups is 1. The maximum absolute atomic E-state index is 14.0. The summed E-state index contributed by atoms with van der Waals surface area (Å²) in [5, 5.41) is 2.04. The third-order valence-corrected chi connectivity index (χ3v) is 8.17. The second kappa shape index (κ2) is 10.6. The van der Waals surface area contributed by atoms with E-state index in [1.54, 1.807) is 30.4 Å². The lowest BCUT2D eigenvalue weighted by Gasteiger charge is -2.25. The number of thioether (sulfide) groups is 1. The Hall–Kier alpha value is -3.62. The van der Waals surface area contributed by atoms with Crippen molar-refractivity contribution in [3.63, 3.8) is 0 Å². The largest absolute Gasteiger partial charge is 0.496 e. The van der Waals surface area contributed by atoms with E-state index in [2.05, 4.69) is 0 Å². The summed E-state index contributed by atoms with van der Waals surface area (Å²) in [6.07, 6.45) is 3.57. The van der Waals surface area contributed by atoms with E-state index in [1.165, 1.54) is 11.3 Å². The Bertz CT molecular complexity index is 1750. The molecule has 8 heteroatoms. The van der Waals surface area contributed by atoms with Crippen molar-refractivity contribution in [2.75, 3.05) is 13.4 Å². The van der Waals surface area contributed by atoms with Crippen LogP contribution in [0.25, 0.3) is 16.8 Å². The molecule has 0 saturated heterocycles. The number of rotatable bonds is 6. The van der Waals surface area contributed by atoms with E-state index in [9.17, 15) is 9.59 Å². The standard InChI is InChI=1S/C30H28N2O4S2/c1-17(2)36-29(34)26-18(3)31-30-32(27(26)20-10-13-21(37-5)14-11-20)28(33)25(38-30)16-23-22-9-7-6-8-19(22)12-15-24(23)35-4/h6-17,27H,1-5H3/b25-16+/t27-/m1/s1. The van der Waals surface area contributed by atoms with Gasteiger partial charge in [-0.2, -0.15) is 0 Å². The highest BCUT2D eigenvalue weighted by molar-refractivity contribution is 7.98. The van der Waals surface area contributed by atoms with Crippen molar-refractivity contribution in [3.05, 3.63) is 103 Å². The molecular weight excluding hydrogens is 516 g/mol. The highest BCUT2D eigenvalue weighted by Crippen LogP contribution is 2.32. The van der Waals surface area contributed by atoms with Gasteiger partial charge in [0.15, 0.2) is 4.80 Å². The first-order chi connectivity index (χ1) is 18.3. The summed E-state index contributed by atoms with van der Waals surface area (Å²) in [5.74, 6) is 0.210. The van der Waals surface area contributed by atoms with Crippen LogP contribution in [0.5, 0.6) is 5.75 Å². The highest BCUT2D eigenvalue weighted by atomic mass is 32.2. The molecule has 1 atom stereocenters. The number of ether oxygens (including phenoxy) is 2. The average Bonchev–Trinajstić information content (AvgIpc) is 3.21. The average molecular weight is 545 g/mol. The third-order valence-electron chi connectivity index (χ3n) is 6.44. The van der Waals surface area contributed by atoms with Crippen LogP contribution in [0, 0.1) is 0 Å². The Morgan fingerprint density at radius 3 is 2.53 bits per heavy atom. The van der Waals surface area contributed by atoms with Crippen molar-refractivity contribution in [1.82, 2.24) is 4.57 Å². The molecule has 1 aliphatic heterocycles. The lowest BCUT2D eigenvalue weighted by molar-refractivity contribution is -0.143. The summed E-state index contributed by atoms with van der Waals surface area (Å²) in [5.41, 5.74) is 2.35. The molecule has 0 amide bonds. The number of thiazole rings is 1. The van der Waals surface area contributed by atoms with Crippen LogP contribution in [-0.4, -0.2) is 30.0 Å². The highest BCUT2D eigenvalue weighted by Gasteiger charge is 2.33. The first-order valence-corrected chi connectivity index (χ1v) is 14.3. The summed E-state index contributed by atoms with van der Waals surface area (Å²) in [7, 11) is 1.62. The number of hydrogen-bond acceptors (Lipinski definition) is 7. The van der Waals surface area contributed by atoms with Gasteiger partial charge in [0.1, 0.15) is 5.75 Å². The van der Waals surface area contributed by atoms with Gasteiger partial charge in [0, 0.05) is 10.5 Å². The van der Waals surface area contributed by atoms with Gasteiger partial charge < -0.3 is 9.47 Å². The fourth-order valence-corrected chi connectivity index (χ4v) is 6.13. The number of fused-ring (bicyclic) bond motifs is 2. The molecule has 0 N–H and O–H groups in total. The monoisotopic (exact) mass is 544 g/mol. The van der Waals surface area contributed by atoms with Gasteiger partial charge in [-0.25, -0.2) is 9.79 Å². The van der Waals surface area contributed by atoms with E-state index < -0.39 is 12.0 Å². The maximum Gasteiger partial charge on any atom is 0.338 e. The summed E-state index contributed by atoms with van der Waals surface area (Å²) < 4.78 is 13.4. The predicted molar refractivity (Wildman–Crippen MR) is 154 cm³/mol. The van der Waals surface area contributed by atoms with Crippen LogP contribution in [0.4, 0.5) is 0 Å². The van der Waals surface area contributed by atoms with Gasteiger partial charge >= 0.3 is 5.97 Å². The normalized spacial score (nSPS) is 15.5. The molecule has 194 valence electrons. The Balaban J connectivity index is 1.76. The van der Waals surface area contributed by atoms with Crippen LogP contribution in [0.1, 0.15) is 37.9 Å². The van der Waals surface area contributed by atoms with Crippen molar-refractivity contribution in [3.8, 4) is 5.75 Å². The van der Waals surface area contributed by atoms with Crippen LogP contribution in [0.3, 0.4) is 0 Å². The van der Waals surface area contributed by atoms with Crippen LogP contribution in [0.15, 0.2) is 86.6 Å². The minimum atomic E-state index is -0.648. The molecule has 3 aromatic carbocycles. The molecule has 4 aromatic rings. The smallest absolute Gasteiger partial charge is 0.338 e. The summed E-state index contributed by atoms with van der Waals surface area (Å²) in [6, 6.07) is 19.2. The minimum absolute atomic E-state index is 0.218. The van der Waals surface area contributed by atoms with Crippen LogP contribution in [-0.2, 0) is 9.53 Å². The van der Waals surface area contributed by atoms with E-state index in [-0.39, 0.29) is 11.7 Å². The number of hydrogen-bond donors (Lipinski definition) is 0. The van der Waals surface area contributed by atoms with Crippen molar-refractivity contribution < 1.29 is 14.3 Å². The molecule has 2 heterocycles. The zero-order valence-electron chi connectivity index (χ0n) is 21.8. The predicted octanol–water partition coefficient (Wildman–Crippen LogP) is 5.07. The maximum atomic E-state index is 14.0. The summed E-state index contributed by atoms with van der Waals surface area (Å²) in [6.45, 7) is 5.41. The lowest BCUT2D eigenvalue weighted by atomic mass is 9.96. The SMILES string of the molecule is COc1ccc2ccccc2c1/C=c1/sc2n(c1=O)[C@H](c1ccc(SC)cc1)C(C(=O)OC(C)C)=C(C)N=2. The Kier molecular flexibility index (Phi) is 7.27. The second-order valence-corrected chi connectivity index (χ2v) is 11.1. The Morgan fingerprint density at radius 2 is 1.84 bits per heavy atom. The molecule has 0 spiro atoms. The van der Waals surface area contributed by atoms with Gasteiger partial charge in [0.2, 0.25) is 0 Å². The van der Waals surface area contributed by atoms with E-state index in [4.69, 9.17) is 14.5 Å². The number of benzene rings is 3. The zero-order valence-corrected chi connectivity index (χ0v) is 23.5. The minimum Gasteiger partial charge on any atom is -0.496 e. The third kappa shape index (κ3) is 4.70. The first-order valence-electron chi connectivity index (χ1n) is 12.3. The Labute approximate surface area is 228 Å². The number of esters is 1. The second-order valence-electron chi connectivity index (χ2n) is 9.21. The molecule has 0 bridgehead atoms. The van der Waals surface area contributed by atoms with E-state index in [0.717, 1.165) is 26.8 Å². The van der Waals surface area contributed by atoms with Crippen molar-refractivity contribution in [1.29, 1.82) is 0 Å². The quantitative estimate of drug-likeness (QED) is 0.250. The molecule has 0 fully saturated rings. The molecule has 0 radical (unpaired) electrons. The zero-order chi connectivity index (χ0) is 27.0. The Morgan fingerprint density at radius 1 is 1.11 bits per heavy atom. The fourth-order valence-electron chi connectivity index (χ4n) is 4.70. The van der Waals surface area contributed by atoms with E-state index >= 15 is 0 Å². The summed E-state index contributed by atoms with van der Waals surface area (Å²) >= 11 is 2.94. The van der Waals surface area contributed by atoms with Gasteiger partial charge in [-0.15, -0.1) is 11.8 Å². The topological polar surface area (TPSA) is 69.9 Å².